The lowest BCUT2D eigenvalue weighted by molar-refractivity contribution is -0.122. The van der Waals surface area contributed by atoms with Crippen LogP contribution in [-0.4, -0.2) is 27.4 Å². The van der Waals surface area contributed by atoms with E-state index in [1.165, 1.54) is 12.1 Å². The molecule has 1 atom stereocenters. The Kier molecular flexibility index (Phi) is 4.83. The maximum atomic E-state index is 11.5. The number of likely N-dealkylation sites (N-methyl/N-ethyl adjacent to an activating group) is 1. The lowest BCUT2D eigenvalue weighted by Gasteiger charge is -2.11. The van der Waals surface area contributed by atoms with Gasteiger partial charge in [0.1, 0.15) is 0 Å². The third-order valence-electron chi connectivity index (χ3n) is 2.52. The van der Waals surface area contributed by atoms with Crippen LogP contribution in [0.3, 0.4) is 0 Å². The predicted octanol–water partition coefficient (Wildman–Crippen LogP) is -0.442. The van der Waals surface area contributed by atoms with E-state index in [0.717, 1.165) is 0 Å². The number of carbonyl (C=O) groups is 1. The maximum absolute atomic E-state index is 11.5. The quantitative estimate of drug-likeness (QED) is 0.675. The summed E-state index contributed by atoms with van der Waals surface area (Å²) >= 11 is 0. The molecule has 0 aromatic heterocycles. The van der Waals surface area contributed by atoms with Gasteiger partial charge in [0.15, 0.2) is 0 Å². The van der Waals surface area contributed by atoms with Gasteiger partial charge in [-0.05, 0) is 31.7 Å². The minimum atomic E-state index is -3.71. The molecule has 4 N–H and O–H groups in total. The summed E-state index contributed by atoms with van der Waals surface area (Å²) in [7, 11) is -2.02. The fourth-order valence-corrected chi connectivity index (χ4v) is 1.89. The van der Waals surface area contributed by atoms with Crippen LogP contribution < -0.4 is 15.8 Å². The van der Waals surface area contributed by atoms with Crippen molar-refractivity contribution in [3.8, 4) is 0 Å². The molecule has 7 heteroatoms. The Bertz CT molecular complexity index is 528. The smallest absolute Gasteiger partial charge is 0.238 e. The molecule has 0 aliphatic rings. The minimum absolute atomic E-state index is 0.0379. The maximum Gasteiger partial charge on any atom is 0.238 e. The number of nitrogens with two attached hydrogens (primary N) is 1. The molecule has 1 amide bonds. The van der Waals surface area contributed by atoms with Crippen LogP contribution in [0, 0.1) is 0 Å². The summed E-state index contributed by atoms with van der Waals surface area (Å²) in [5, 5.41) is 10.5. The van der Waals surface area contributed by atoms with Crippen molar-refractivity contribution in [2.24, 2.45) is 5.14 Å². The lowest BCUT2D eigenvalue weighted by atomic mass is 10.2. The fourth-order valence-electron chi connectivity index (χ4n) is 1.31. The number of hydrogen-bond donors (Lipinski definition) is 3. The highest BCUT2D eigenvalue weighted by Gasteiger charge is 2.11. The third-order valence-corrected chi connectivity index (χ3v) is 3.43. The van der Waals surface area contributed by atoms with Crippen LogP contribution in [0.2, 0.25) is 0 Å². The zero-order valence-corrected chi connectivity index (χ0v) is 11.1. The molecule has 18 heavy (non-hydrogen) atoms. The molecular formula is C11H17N3O3S. The average molecular weight is 271 g/mol. The Morgan fingerprint density at radius 3 is 2.67 bits per heavy atom. The van der Waals surface area contributed by atoms with E-state index in [9.17, 15) is 13.2 Å². The van der Waals surface area contributed by atoms with Gasteiger partial charge in [-0.2, -0.15) is 0 Å². The van der Waals surface area contributed by atoms with Crippen LogP contribution >= 0.6 is 0 Å². The number of rotatable bonds is 5. The van der Waals surface area contributed by atoms with Crippen molar-refractivity contribution >= 4 is 15.9 Å². The molecule has 0 heterocycles. The second kappa shape index (κ2) is 5.94. The van der Waals surface area contributed by atoms with E-state index in [1.807, 2.05) is 0 Å². The van der Waals surface area contributed by atoms with E-state index in [-0.39, 0.29) is 23.4 Å². The van der Waals surface area contributed by atoms with E-state index < -0.39 is 10.0 Å². The average Bonchev–Trinajstić information content (AvgIpc) is 2.34. The molecule has 1 aromatic rings. The van der Waals surface area contributed by atoms with Gasteiger partial charge in [0.05, 0.1) is 10.9 Å². The van der Waals surface area contributed by atoms with Crippen LogP contribution in [0.1, 0.15) is 12.5 Å². The molecule has 0 spiro atoms. The predicted molar refractivity (Wildman–Crippen MR) is 68.2 cm³/mol. The van der Waals surface area contributed by atoms with Crippen molar-refractivity contribution < 1.29 is 13.2 Å². The summed E-state index contributed by atoms with van der Waals surface area (Å²) in [5.74, 6) is -0.154. The molecule has 1 unspecified atom stereocenters. The molecule has 0 radical (unpaired) electrons. The molecule has 6 nitrogen and oxygen atoms in total. The topological polar surface area (TPSA) is 101 Å². The van der Waals surface area contributed by atoms with Crippen molar-refractivity contribution in [3.05, 3.63) is 29.8 Å². The highest BCUT2D eigenvalue weighted by Crippen LogP contribution is 2.09. The van der Waals surface area contributed by atoms with Crippen LogP contribution in [-0.2, 0) is 21.4 Å². The number of nitrogens with one attached hydrogen (secondary N) is 2. The van der Waals surface area contributed by atoms with E-state index in [2.05, 4.69) is 10.6 Å². The number of amides is 1. The van der Waals surface area contributed by atoms with E-state index in [0.29, 0.717) is 5.56 Å². The van der Waals surface area contributed by atoms with Gasteiger partial charge in [0, 0.05) is 6.54 Å². The highest BCUT2D eigenvalue weighted by atomic mass is 32.2. The van der Waals surface area contributed by atoms with Crippen molar-refractivity contribution in [2.45, 2.75) is 24.4 Å². The Hall–Kier alpha value is -1.44. The Labute approximate surface area is 107 Å². The molecular weight excluding hydrogens is 254 g/mol. The number of hydrogen-bond acceptors (Lipinski definition) is 4. The van der Waals surface area contributed by atoms with Gasteiger partial charge >= 0.3 is 0 Å². The van der Waals surface area contributed by atoms with Crippen LogP contribution in [0.15, 0.2) is 29.2 Å². The summed E-state index contributed by atoms with van der Waals surface area (Å²) in [6.45, 7) is 1.99. The molecule has 0 aliphatic heterocycles. The molecule has 1 aromatic carbocycles. The number of sulfonamides is 1. The molecule has 0 aliphatic carbocycles. The molecule has 0 saturated carbocycles. The Balaban J connectivity index is 2.72. The second-order valence-electron chi connectivity index (χ2n) is 3.92. The first-order valence-corrected chi connectivity index (χ1v) is 6.96. The number of carbonyl (C=O) groups excluding carboxylic acids is 1. The van der Waals surface area contributed by atoms with Crippen molar-refractivity contribution in [3.63, 3.8) is 0 Å². The van der Waals surface area contributed by atoms with Gasteiger partial charge in [0.25, 0.3) is 0 Å². The zero-order chi connectivity index (χ0) is 13.8. The van der Waals surface area contributed by atoms with Gasteiger partial charge in [-0.15, -0.1) is 0 Å². The van der Waals surface area contributed by atoms with Crippen molar-refractivity contribution in [1.82, 2.24) is 10.6 Å². The summed E-state index contributed by atoms with van der Waals surface area (Å²) in [4.78, 5) is 11.6. The number of benzene rings is 1. The van der Waals surface area contributed by atoms with Crippen molar-refractivity contribution in [2.75, 3.05) is 7.05 Å². The summed E-state index contributed by atoms with van der Waals surface area (Å²) in [6, 6.07) is 5.87. The summed E-state index contributed by atoms with van der Waals surface area (Å²) in [6.07, 6.45) is 0. The standard InChI is InChI=1S/C11H17N3O3S/c1-8(13-2)11(15)14-7-9-4-3-5-10(6-9)18(12,16)17/h3-6,8,13H,7H2,1-2H3,(H,14,15)(H2,12,16,17). The van der Waals surface area contributed by atoms with Gasteiger partial charge < -0.3 is 10.6 Å². The fraction of sp³-hybridized carbons (Fsp3) is 0.364. The molecule has 0 saturated heterocycles. The summed E-state index contributed by atoms with van der Waals surface area (Å²) in [5.41, 5.74) is 0.679. The van der Waals surface area contributed by atoms with Crippen LogP contribution in [0.5, 0.6) is 0 Å². The Morgan fingerprint density at radius 2 is 2.11 bits per heavy atom. The largest absolute Gasteiger partial charge is 0.351 e. The van der Waals surface area contributed by atoms with E-state index in [1.54, 1.807) is 26.1 Å². The van der Waals surface area contributed by atoms with Gasteiger partial charge in [-0.1, -0.05) is 12.1 Å². The van der Waals surface area contributed by atoms with Gasteiger partial charge in [-0.3, -0.25) is 4.79 Å². The number of primary sulfonamides is 1. The molecule has 100 valence electrons. The first-order valence-electron chi connectivity index (χ1n) is 5.41. The third kappa shape index (κ3) is 4.10. The zero-order valence-electron chi connectivity index (χ0n) is 10.3. The normalized spacial score (nSPS) is 13.1. The minimum Gasteiger partial charge on any atom is -0.351 e. The van der Waals surface area contributed by atoms with Crippen molar-refractivity contribution in [1.29, 1.82) is 0 Å². The second-order valence-corrected chi connectivity index (χ2v) is 5.48. The van der Waals surface area contributed by atoms with Crippen LogP contribution in [0.4, 0.5) is 0 Å². The van der Waals surface area contributed by atoms with Gasteiger partial charge in [-0.25, -0.2) is 13.6 Å². The molecule has 0 bridgehead atoms. The SMILES string of the molecule is CNC(C)C(=O)NCc1cccc(S(N)(=O)=O)c1. The first-order chi connectivity index (χ1) is 8.34. The van der Waals surface area contributed by atoms with E-state index >= 15 is 0 Å². The molecule has 0 fully saturated rings. The van der Waals surface area contributed by atoms with E-state index in [4.69, 9.17) is 5.14 Å². The first kappa shape index (κ1) is 14.6. The monoisotopic (exact) mass is 271 g/mol. The Morgan fingerprint density at radius 1 is 1.44 bits per heavy atom. The summed E-state index contributed by atoms with van der Waals surface area (Å²) < 4.78 is 22.3. The highest BCUT2D eigenvalue weighted by molar-refractivity contribution is 7.89. The van der Waals surface area contributed by atoms with Crippen LogP contribution in [0.25, 0.3) is 0 Å². The lowest BCUT2D eigenvalue weighted by Crippen LogP contribution is -2.40. The molecule has 1 rings (SSSR count). The van der Waals surface area contributed by atoms with Gasteiger partial charge in [0.2, 0.25) is 15.9 Å².